The fourth-order valence-electron chi connectivity index (χ4n) is 1.28. The quantitative estimate of drug-likeness (QED) is 0.208. The zero-order chi connectivity index (χ0) is 14.5. The molecule has 0 aliphatic rings. The predicted octanol–water partition coefficient (Wildman–Crippen LogP) is -5.50. The fourth-order valence-corrected chi connectivity index (χ4v) is 1.28. The van der Waals surface area contributed by atoms with E-state index in [-0.39, 0.29) is 0 Å². The fraction of sp³-hybridized carbons (Fsp3) is 1.00. The normalized spacial score (nSPS) is 23.8. The van der Waals surface area contributed by atoms with Gasteiger partial charge in [-0.1, -0.05) is 0 Å². The molecule has 0 amide bonds. The van der Waals surface area contributed by atoms with E-state index in [9.17, 15) is 25.5 Å². The highest BCUT2D eigenvalue weighted by molar-refractivity contribution is 4.89. The largest absolute Gasteiger partial charge is 0.394 e. The van der Waals surface area contributed by atoms with Gasteiger partial charge in [-0.2, -0.15) is 0 Å². The van der Waals surface area contributed by atoms with Crippen molar-refractivity contribution in [3.63, 3.8) is 0 Å². The first-order valence-electron chi connectivity index (χ1n) is 5.26. The standard InChI is InChI=1S/C9H20O9/c10-1-3(12)5(14)7(16)9(18)8(17)6(15)4(13)2-11/h3-18H,1-2H2/t3-,4-,5-,6+,7-,8+,9?/m1/s1. The van der Waals surface area contributed by atoms with Crippen molar-refractivity contribution in [2.24, 2.45) is 0 Å². The van der Waals surface area contributed by atoms with Crippen LogP contribution in [0.15, 0.2) is 0 Å². The van der Waals surface area contributed by atoms with Crippen molar-refractivity contribution >= 4 is 0 Å². The molecule has 0 radical (unpaired) electrons. The highest BCUT2D eigenvalue weighted by Gasteiger charge is 2.38. The van der Waals surface area contributed by atoms with Gasteiger partial charge in [0.25, 0.3) is 0 Å². The molecule has 0 spiro atoms. The Balaban J connectivity index is 4.57. The topological polar surface area (TPSA) is 182 Å². The van der Waals surface area contributed by atoms with Gasteiger partial charge < -0.3 is 46.0 Å². The third kappa shape index (κ3) is 4.39. The Morgan fingerprint density at radius 1 is 0.444 bits per heavy atom. The molecular weight excluding hydrogens is 252 g/mol. The Morgan fingerprint density at radius 2 is 0.667 bits per heavy atom. The molecule has 0 bridgehead atoms. The van der Waals surface area contributed by atoms with Gasteiger partial charge in [0.2, 0.25) is 0 Å². The maximum absolute atomic E-state index is 9.41. The zero-order valence-electron chi connectivity index (χ0n) is 9.48. The van der Waals surface area contributed by atoms with E-state index in [0.717, 1.165) is 0 Å². The Bertz CT molecular complexity index is 204. The number of aliphatic hydroxyl groups is 9. The smallest absolute Gasteiger partial charge is 0.111 e. The number of aliphatic hydroxyl groups excluding tert-OH is 9. The molecule has 0 rings (SSSR count). The highest BCUT2D eigenvalue weighted by atomic mass is 16.4. The SMILES string of the molecule is OC[C@@H](O)[C@@H](O)[C@@H](O)C(O)[C@@H](O)[C@@H](O)[C@H](O)CO. The van der Waals surface area contributed by atoms with Gasteiger partial charge in [0.15, 0.2) is 0 Å². The lowest BCUT2D eigenvalue weighted by molar-refractivity contribution is -0.172. The lowest BCUT2D eigenvalue weighted by Gasteiger charge is -2.31. The molecule has 0 aromatic heterocycles. The molecule has 0 saturated carbocycles. The van der Waals surface area contributed by atoms with E-state index in [1.807, 2.05) is 0 Å². The maximum atomic E-state index is 9.41. The minimum absolute atomic E-state index is 0.886. The summed E-state index contributed by atoms with van der Waals surface area (Å²) in [6.07, 6.45) is -13.7. The molecule has 0 heterocycles. The minimum atomic E-state index is -2.10. The van der Waals surface area contributed by atoms with Gasteiger partial charge in [-0.25, -0.2) is 0 Å². The van der Waals surface area contributed by atoms with Crippen molar-refractivity contribution in [1.29, 1.82) is 0 Å². The van der Waals surface area contributed by atoms with E-state index in [2.05, 4.69) is 0 Å². The summed E-state index contributed by atoms with van der Waals surface area (Å²) in [7, 11) is 0. The predicted molar refractivity (Wildman–Crippen MR) is 56.2 cm³/mol. The van der Waals surface area contributed by atoms with Gasteiger partial charge in [0.1, 0.15) is 42.7 Å². The molecule has 1 unspecified atom stereocenters. The molecule has 0 aliphatic heterocycles. The van der Waals surface area contributed by atoms with Crippen LogP contribution in [-0.2, 0) is 0 Å². The summed E-state index contributed by atoms with van der Waals surface area (Å²) in [6, 6.07) is 0. The van der Waals surface area contributed by atoms with E-state index >= 15 is 0 Å². The molecule has 9 heteroatoms. The van der Waals surface area contributed by atoms with Crippen LogP contribution in [0.3, 0.4) is 0 Å². The lowest BCUT2D eigenvalue weighted by Crippen LogP contribution is -2.55. The first kappa shape index (κ1) is 17.6. The van der Waals surface area contributed by atoms with Crippen LogP contribution in [0.1, 0.15) is 0 Å². The molecule has 0 aromatic rings. The van der Waals surface area contributed by atoms with Crippen LogP contribution >= 0.6 is 0 Å². The number of rotatable bonds is 8. The number of hydrogen-bond acceptors (Lipinski definition) is 9. The third-order valence-corrected chi connectivity index (χ3v) is 2.56. The van der Waals surface area contributed by atoms with Gasteiger partial charge in [-0.15, -0.1) is 0 Å². The van der Waals surface area contributed by atoms with Crippen molar-refractivity contribution in [3.05, 3.63) is 0 Å². The van der Waals surface area contributed by atoms with Crippen LogP contribution in [0.2, 0.25) is 0 Å². The molecule has 0 saturated heterocycles. The summed E-state index contributed by atoms with van der Waals surface area (Å²) >= 11 is 0. The van der Waals surface area contributed by atoms with Crippen molar-refractivity contribution in [2.45, 2.75) is 42.7 Å². The Kier molecular flexibility index (Phi) is 7.78. The summed E-state index contributed by atoms with van der Waals surface area (Å²) < 4.78 is 0. The second kappa shape index (κ2) is 7.94. The van der Waals surface area contributed by atoms with Gasteiger partial charge in [0, 0.05) is 0 Å². The van der Waals surface area contributed by atoms with Gasteiger partial charge >= 0.3 is 0 Å². The van der Waals surface area contributed by atoms with Crippen LogP contribution in [0.4, 0.5) is 0 Å². The van der Waals surface area contributed by atoms with Crippen LogP contribution in [0, 0.1) is 0 Å². The van der Waals surface area contributed by atoms with Crippen molar-refractivity contribution in [3.8, 4) is 0 Å². The van der Waals surface area contributed by atoms with E-state index in [1.54, 1.807) is 0 Å². The lowest BCUT2D eigenvalue weighted by atomic mass is 9.94. The highest BCUT2D eigenvalue weighted by Crippen LogP contribution is 2.12. The zero-order valence-corrected chi connectivity index (χ0v) is 9.48. The van der Waals surface area contributed by atoms with E-state index < -0.39 is 55.9 Å². The first-order chi connectivity index (χ1) is 8.27. The van der Waals surface area contributed by atoms with Crippen LogP contribution in [0.5, 0.6) is 0 Å². The molecule has 7 atom stereocenters. The summed E-state index contributed by atoms with van der Waals surface area (Å²) in [5.74, 6) is 0. The van der Waals surface area contributed by atoms with E-state index in [0.29, 0.717) is 0 Å². The molecule has 9 nitrogen and oxygen atoms in total. The van der Waals surface area contributed by atoms with Gasteiger partial charge in [-0.05, 0) is 0 Å². The molecule has 18 heavy (non-hydrogen) atoms. The van der Waals surface area contributed by atoms with Crippen molar-refractivity contribution < 1.29 is 46.0 Å². The molecule has 110 valence electrons. The summed E-state index contributed by atoms with van der Waals surface area (Å²) in [4.78, 5) is 0. The average Bonchev–Trinajstić information content (AvgIpc) is 2.40. The Hall–Kier alpha value is -0.360. The minimum Gasteiger partial charge on any atom is -0.394 e. The van der Waals surface area contributed by atoms with Crippen LogP contribution < -0.4 is 0 Å². The molecular formula is C9H20O9. The summed E-state index contributed by atoms with van der Waals surface area (Å²) in [5.41, 5.74) is 0. The Morgan fingerprint density at radius 3 is 0.889 bits per heavy atom. The monoisotopic (exact) mass is 272 g/mol. The van der Waals surface area contributed by atoms with E-state index in [4.69, 9.17) is 20.4 Å². The van der Waals surface area contributed by atoms with Gasteiger partial charge in [0.05, 0.1) is 13.2 Å². The summed E-state index contributed by atoms with van der Waals surface area (Å²) in [5, 5.41) is 81.8. The second-order valence-electron chi connectivity index (χ2n) is 3.95. The maximum Gasteiger partial charge on any atom is 0.111 e. The molecule has 0 fully saturated rings. The average molecular weight is 272 g/mol. The third-order valence-electron chi connectivity index (χ3n) is 2.56. The molecule has 0 aliphatic carbocycles. The molecule has 0 aromatic carbocycles. The van der Waals surface area contributed by atoms with Crippen LogP contribution in [-0.4, -0.2) is 102 Å². The second-order valence-corrected chi connectivity index (χ2v) is 3.95. The van der Waals surface area contributed by atoms with Crippen LogP contribution in [0.25, 0.3) is 0 Å². The summed E-state index contributed by atoms with van der Waals surface area (Å²) in [6.45, 7) is -1.77. The first-order valence-corrected chi connectivity index (χ1v) is 5.26. The molecule has 9 N–H and O–H groups in total. The van der Waals surface area contributed by atoms with Crippen molar-refractivity contribution in [1.82, 2.24) is 0 Å². The number of hydrogen-bond donors (Lipinski definition) is 9. The van der Waals surface area contributed by atoms with E-state index in [1.165, 1.54) is 0 Å². The Labute approximate surface area is 103 Å². The van der Waals surface area contributed by atoms with Gasteiger partial charge in [-0.3, -0.25) is 0 Å². The van der Waals surface area contributed by atoms with Crippen molar-refractivity contribution in [2.75, 3.05) is 13.2 Å².